The minimum atomic E-state index is -0.125. The molecular weight excluding hydrogens is 438 g/mol. The molecule has 1 unspecified atom stereocenters. The van der Waals surface area contributed by atoms with Crippen molar-refractivity contribution < 1.29 is 0 Å². The summed E-state index contributed by atoms with van der Waals surface area (Å²) in [5, 5.41) is 11.7. The van der Waals surface area contributed by atoms with Crippen molar-refractivity contribution in [2.45, 2.75) is 12.3 Å². The van der Waals surface area contributed by atoms with Crippen LogP contribution in [0.25, 0.3) is 46.0 Å². The maximum absolute atomic E-state index is 8.35. The van der Waals surface area contributed by atoms with Gasteiger partial charge >= 0.3 is 0 Å². The molecule has 2 aliphatic carbocycles. The molecule has 3 nitrogen and oxygen atoms in total. The predicted octanol–water partition coefficient (Wildman–Crippen LogP) is 6.00. The number of pyridine rings is 1. The van der Waals surface area contributed by atoms with Crippen LogP contribution in [0, 0.1) is 5.41 Å². The SMILES string of the molecule is N=CC1C2=Cc3cccc(c31)-c1ccc3ccc4c(c3n1)CC=C(C=C4)c1cccc3c1=NC(=C2)C=3. The average molecular weight is 460 g/mol. The predicted molar refractivity (Wildman–Crippen MR) is 147 cm³/mol. The van der Waals surface area contributed by atoms with E-state index in [2.05, 4.69) is 97.1 Å². The monoisotopic (exact) mass is 459 g/mol. The van der Waals surface area contributed by atoms with Crippen LogP contribution in [0.5, 0.6) is 0 Å². The van der Waals surface area contributed by atoms with Crippen molar-refractivity contribution in [3.8, 4) is 11.3 Å². The summed E-state index contributed by atoms with van der Waals surface area (Å²) < 4.78 is 0. The fraction of sp³-hybridized carbons (Fsp3) is 0.0606. The van der Waals surface area contributed by atoms with Crippen molar-refractivity contribution in [3.05, 3.63) is 129 Å². The van der Waals surface area contributed by atoms with E-state index in [-0.39, 0.29) is 5.92 Å². The number of aromatic nitrogens is 1. The van der Waals surface area contributed by atoms with Gasteiger partial charge in [-0.1, -0.05) is 78.9 Å². The molecule has 1 aromatic heterocycles. The van der Waals surface area contributed by atoms with Gasteiger partial charge in [-0.15, -0.1) is 0 Å². The highest BCUT2D eigenvalue weighted by Gasteiger charge is 2.27. The van der Waals surface area contributed by atoms with Gasteiger partial charge in [-0.2, -0.15) is 0 Å². The lowest BCUT2D eigenvalue weighted by atomic mass is 9.90. The lowest BCUT2D eigenvalue weighted by Crippen LogP contribution is -2.24. The molecule has 2 aliphatic heterocycles. The Morgan fingerprint density at radius 1 is 0.833 bits per heavy atom. The van der Waals surface area contributed by atoms with Crippen LogP contribution in [0.2, 0.25) is 0 Å². The molecule has 0 fully saturated rings. The standard InChI is InChI=1S/C33H21N3/c34-18-29-24-15-22-3-1-6-28(31(22)29)30-14-12-21-10-9-19-7-8-20(11-13-27(19)32(21)36-30)26-5-2-4-23-16-25(17-24)35-33(23)26/h1-12,14-18,29,34H,13H2. The van der Waals surface area contributed by atoms with E-state index in [4.69, 9.17) is 15.4 Å². The Balaban J connectivity index is 1.50. The van der Waals surface area contributed by atoms with E-state index < -0.39 is 0 Å². The Kier molecular flexibility index (Phi) is 3.92. The van der Waals surface area contributed by atoms with Crippen molar-refractivity contribution in [1.29, 1.82) is 5.41 Å². The number of allylic oxidation sites excluding steroid dienone is 6. The highest BCUT2D eigenvalue weighted by atomic mass is 14.8. The number of nitrogens with one attached hydrogen (secondary N) is 1. The normalized spacial score (nSPS) is 18.0. The van der Waals surface area contributed by atoms with Crippen LogP contribution in [0.4, 0.5) is 0 Å². The fourth-order valence-electron chi connectivity index (χ4n) is 6.07. The van der Waals surface area contributed by atoms with E-state index in [1.54, 1.807) is 6.21 Å². The van der Waals surface area contributed by atoms with Crippen LogP contribution < -0.4 is 10.6 Å². The molecule has 8 bridgehead atoms. The molecule has 3 aromatic carbocycles. The van der Waals surface area contributed by atoms with Crippen LogP contribution in [-0.2, 0) is 6.42 Å². The Morgan fingerprint density at radius 3 is 2.67 bits per heavy atom. The van der Waals surface area contributed by atoms with E-state index in [0.29, 0.717) is 0 Å². The molecule has 4 aromatic rings. The summed E-state index contributed by atoms with van der Waals surface area (Å²) in [6.07, 6.45) is 15.6. The molecule has 36 heavy (non-hydrogen) atoms. The highest BCUT2D eigenvalue weighted by molar-refractivity contribution is 5.93. The first-order valence-electron chi connectivity index (χ1n) is 12.3. The van der Waals surface area contributed by atoms with Crippen LogP contribution in [0.3, 0.4) is 0 Å². The number of hydrogen-bond donors (Lipinski definition) is 1. The third-order valence-electron chi connectivity index (χ3n) is 7.78. The van der Waals surface area contributed by atoms with Crippen molar-refractivity contribution in [2.24, 2.45) is 4.99 Å². The maximum Gasteiger partial charge on any atom is 0.0788 e. The van der Waals surface area contributed by atoms with Crippen molar-refractivity contribution in [3.63, 3.8) is 0 Å². The molecule has 3 heteroatoms. The van der Waals surface area contributed by atoms with Gasteiger partial charge in [0.1, 0.15) is 0 Å². The third-order valence-corrected chi connectivity index (χ3v) is 7.78. The van der Waals surface area contributed by atoms with Gasteiger partial charge < -0.3 is 5.41 Å². The Morgan fingerprint density at radius 2 is 1.72 bits per heavy atom. The molecule has 0 saturated carbocycles. The minimum Gasteiger partial charge on any atom is -0.312 e. The molecule has 0 amide bonds. The summed E-state index contributed by atoms with van der Waals surface area (Å²) in [6.45, 7) is 0. The largest absolute Gasteiger partial charge is 0.312 e. The Bertz CT molecular complexity index is 1930. The van der Waals surface area contributed by atoms with Crippen LogP contribution in [0.15, 0.2) is 95.2 Å². The van der Waals surface area contributed by atoms with Crippen LogP contribution in [-0.4, -0.2) is 11.2 Å². The smallest absolute Gasteiger partial charge is 0.0788 e. The topological polar surface area (TPSA) is 49.1 Å². The summed E-state index contributed by atoms with van der Waals surface area (Å²) in [5.41, 5.74) is 12.2. The van der Waals surface area contributed by atoms with Gasteiger partial charge in [0.2, 0.25) is 0 Å². The first-order valence-corrected chi connectivity index (χ1v) is 12.3. The highest BCUT2D eigenvalue weighted by Crippen LogP contribution is 2.42. The van der Waals surface area contributed by atoms with Crippen molar-refractivity contribution in [1.82, 2.24) is 4.98 Å². The van der Waals surface area contributed by atoms with Gasteiger partial charge in [-0.25, -0.2) is 9.98 Å². The van der Waals surface area contributed by atoms with E-state index >= 15 is 0 Å². The van der Waals surface area contributed by atoms with Crippen molar-refractivity contribution >= 4 is 40.9 Å². The second-order valence-corrected chi connectivity index (χ2v) is 9.76. The number of fused-ring (bicyclic) bond motifs is 6. The van der Waals surface area contributed by atoms with E-state index in [9.17, 15) is 0 Å². The van der Waals surface area contributed by atoms with Crippen molar-refractivity contribution in [2.75, 3.05) is 0 Å². The second kappa shape index (κ2) is 7.19. The molecular formula is C33H21N3. The number of hydrogen-bond acceptors (Lipinski definition) is 3. The summed E-state index contributed by atoms with van der Waals surface area (Å²) in [7, 11) is 0. The van der Waals surface area contributed by atoms with Gasteiger partial charge in [0.05, 0.1) is 22.3 Å². The summed E-state index contributed by atoms with van der Waals surface area (Å²) >= 11 is 0. The van der Waals surface area contributed by atoms with Gasteiger partial charge in [-0.05, 0) is 58.0 Å². The number of para-hydroxylation sites is 1. The van der Waals surface area contributed by atoms with Gasteiger partial charge in [0.25, 0.3) is 0 Å². The summed E-state index contributed by atoms with van der Waals surface area (Å²) in [6, 6.07) is 21.5. The second-order valence-electron chi connectivity index (χ2n) is 9.76. The van der Waals surface area contributed by atoms with Gasteiger partial charge in [0, 0.05) is 33.9 Å². The van der Waals surface area contributed by atoms with Crippen LogP contribution in [0.1, 0.15) is 33.7 Å². The molecule has 168 valence electrons. The zero-order valence-corrected chi connectivity index (χ0v) is 19.5. The number of rotatable bonds is 1. The minimum absolute atomic E-state index is 0.125. The summed E-state index contributed by atoms with van der Waals surface area (Å²) in [4.78, 5) is 10.3. The van der Waals surface area contributed by atoms with E-state index in [1.165, 1.54) is 16.7 Å². The fourth-order valence-corrected chi connectivity index (χ4v) is 6.07. The molecule has 0 spiro atoms. The number of benzene rings is 3. The zero-order valence-electron chi connectivity index (χ0n) is 19.5. The third kappa shape index (κ3) is 2.71. The maximum atomic E-state index is 8.35. The zero-order chi connectivity index (χ0) is 23.8. The molecule has 3 heterocycles. The average Bonchev–Trinajstić information content (AvgIpc) is 3.40. The lowest BCUT2D eigenvalue weighted by molar-refractivity contribution is 1.12. The molecule has 0 saturated heterocycles. The lowest BCUT2D eigenvalue weighted by Gasteiger charge is -2.16. The number of nitrogens with zero attached hydrogens (tertiary/aromatic N) is 2. The molecule has 1 N–H and O–H groups in total. The first-order chi connectivity index (χ1) is 17.8. The molecule has 0 radical (unpaired) electrons. The Labute approximate surface area is 208 Å². The van der Waals surface area contributed by atoms with Crippen LogP contribution >= 0.6 is 0 Å². The van der Waals surface area contributed by atoms with E-state index in [1.807, 2.05) is 0 Å². The molecule has 8 rings (SSSR count). The van der Waals surface area contributed by atoms with Gasteiger partial charge in [-0.3, -0.25) is 0 Å². The quantitative estimate of drug-likeness (QED) is 0.349. The first kappa shape index (κ1) is 19.7. The summed E-state index contributed by atoms with van der Waals surface area (Å²) in [5.74, 6) is -0.125. The molecule has 4 aliphatic rings. The van der Waals surface area contributed by atoms with Gasteiger partial charge in [0.15, 0.2) is 0 Å². The Hall–Kier alpha value is -4.63. The molecule has 1 atom stereocenters. The van der Waals surface area contributed by atoms with E-state index in [0.717, 1.165) is 67.1 Å².